The summed E-state index contributed by atoms with van der Waals surface area (Å²) in [6.07, 6.45) is 2.20. The van der Waals surface area contributed by atoms with Crippen LogP contribution in [0.2, 0.25) is 10.2 Å². The summed E-state index contributed by atoms with van der Waals surface area (Å²) in [5.41, 5.74) is 1.78. The average molecular weight is 347 g/mol. The molecule has 1 aromatic heterocycles. The van der Waals surface area contributed by atoms with E-state index in [1.165, 1.54) is 6.33 Å². The summed E-state index contributed by atoms with van der Waals surface area (Å²) in [7, 11) is 0. The lowest BCUT2D eigenvalue weighted by Gasteiger charge is -2.11. The van der Waals surface area contributed by atoms with Crippen molar-refractivity contribution in [3.8, 4) is 0 Å². The van der Waals surface area contributed by atoms with Crippen LogP contribution in [-0.2, 0) is 6.42 Å². The molecular formula is C12H10BrCl2N3. The lowest BCUT2D eigenvalue weighted by Crippen LogP contribution is -2.00. The summed E-state index contributed by atoms with van der Waals surface area (Å²) in [4.78, 5) is 8.17. The van der Waals surface area contributed by atoms with Gasteiger partial charge in [-0.1, -0.05) is 30.1 Å². The molecule has 0 aliphatic rings. The molecular weight excluding hydrogens is 337 g/mol. The first-order valence-electron chi connectivity index (χ1n) is 5.33. The van der Waals surface area contributed by atoms with Crippen molar-refractivity contribution in [2.24, 2.45) is 0 Å². The van der Waals surface area contributed by atoms with Crippen molar-refractivity contribution < 1.29 is 0 Å². The number of benzene rings is 1. The SMILES string of the molecule is CCc1c(Cl)ncnc1Nc1ccc(Cl)c(Br)c1. The minimum absolute atomic E-state index is 0.475. The Bertz CT molecular complexity index is 575. The maximum Gasteiger partial charge on any atom is 0.138 e. The summed E-state index contributed by atoms with van der Waals surface area (Å²) in [6.45, 7) is 2.01. The molecule has 0 atom stereocenters. The zero-order valence-corrected chi connectivity index (χ0v) is 12.6. The van der Waals surface area contributed by atoms with Gasteiger partial charge in [-0.25, -0.2) is 9.97 Å². The van der Waals surface area contributed by atoms with Gasteiger partial charge in [0.25, 0.3) is 0 Å². The van der Waals surface area contributed by atoms with Gasteiger partial charge in [-0.2, -0.15) is 0 Å². The van der Waals surface area contributed by atoms with Crippen molar-refractivity contribution >= 4 is 50.6 Å². The number of anilines is 2. The van der Waals surface area contributed by atoms with Crippen molar-refractivity contribution in [3.05, 3.63) is 44.7 Å². The molecule has 0 spiro atoms. The molecule has 2 rings (SSSR count). The predicted molar refractivity (Wildman–Crippen MR) is 78.9 cm³/mol. The molecule has 1 aromatic carbocycles. The molecule has 0 unspecified atom stereocenters. The Labute approximate surface area is 124 Å². The Kier molecular flexibility index (Phi) is 4.43. The monoisotopic (exact) mass is 345 g/mol. The largest absolute Gasteiger partial charge is 0.340 e. The average Bonchev–Trinajstić information content (AvgIpc) is 2.34. The minimum atomic E-state index is 0.475. The van der Waals surface area contributed by atoms with Crippen LogP contribution < -0.4 is 5.32 Å². The molecule has 0 radical (unpaired) electrons. The topological polar surface area (TPSA) is 37.8 Å². The third kappa shape index (κ3) is 2.94. The van der Waals surface area contributed by atoms with Crippen LogP contribution in [0.5, 0.6) is 0 Å². The number of nitrogens with zero attached hydrogens (tertiary/aromatic N) is 2. The fourth-order valence-corrected chi connectivity index (χ4v) is 2.29. The molecule has 0 amide bonds. The van der Waals surface area contributed by atoms with Crippen LogP contribution >= 0.6 is 39.1 Å². The van der Waals surface area contributed by atoms with Crippen LogP contribution in [0.25, 0.3) is 0 Å². The van der Waals surface area contributed by atoms with E-state index < -0.39 is 0 Å². The van der Waals surface area contributed by atoms with Gasteiger partial charge in [0.2, 0.25) is 0 Å². The van der Waals surface area contributed by atoms with Crippen LogP contribution in [0.4, 0.5) is 11.5 Å². The third-order valence-corrected chi connectivity index (χ3v) is 3.97. The summed E-state index contributed by atoms with van der Waals surface area (Å²) in [5.74, 6) is 0.715. The first-order chi connectivity index (χ1) is 8.61. The van der Waals surface area contributed by atoms with Crippen LogP contribution in [0.3, 0.4) is 0 Å². The molecule has 1 heterocycles. The summed E-state index contributed by atoms with van der Waals surface area (Å²) >= 11 is 15.4. The highest BCUT2D eigenvalue weighted by Crippen LogP contribution is 2.29. The second-order valence-electron chi connectivity index (χ2n) is 3.60. The lowest BCUT2D eigenvalue weighted by atomic mass is 10.2. The van der Waals surface area contributed by atoms with Gasteiger partial charge in [0.05, 0.1) is 5.02 Å². The number of halogens is 3. The maximum absolute atomic E-state index is 6.03. The highest BCUT2D eigenvalue weighted by molar-refractivity contribution is 9.10. The van der Waals surface area contributed by atoms with Crippen LogP contribution in [0.15, 0.2) is 29.0 Å². The molecule has 94 valence electrons. The molecule has 0 aliphatic carbocycles. The second-order valence-corrected chi connectivity index (χ2v) is 5.22. The Morgan fingerprint density at radius 3 is 2.72 bits per heavy atom. The molecule has 3 nitrogen and oxygen atoms in total. The van der Waals surface area contributed by atoms with Crippen LogP contribution in [0, 0.1) is 0 Å². The molecule has 0 saturated heterocycles. The number of rotatable bonds is 3. The van der Waals surface area contributed by atoms with Crippen LogP contribution in [-0.4, -0.2) is 9.97 Å². The molecule has 18 heavy (non-hydrogen) atoms. The minimum Gasteiger partial charge on any atom is -0.340 e. The van der Waals surface area contributed by atoms with E-state index in [0.717, 1.165) is 22.1 Å². The molecule has 1 N–H and O–H groups in total. The predicted octanol–water partition coefficient (Wildman–Crippen LogP) is 4.85. The smallest absolute Gasteiger partial charge is 0.138 e. The first-order valence-corrected chi connectivity index (χ1v) is 6.88. The van der Waals surface area contributed by atoms with E-state index >= 15 is 0 Å². The number of hydrogen-bond acceptors (Lipinski definition) is 3. The van der Waals surface area contributed by atoms with Gasteiger partial charge in [0, 0.05) is 15.7 Å². The fourth-order valence-electron chi connectivity index (χ4n) is 1.52. The van der Waals surface area contributed by atoms with E-state index in [2.05, 4.69) is 31.2 Å². The van der Waals surface area contributed by atoms with Gasteiger partial charge >= 0.3 is 0 Å². The molecule has 2 aromatic rings. The van der Waals surface area contributed by atoms with Gasteiger partial charge in [0.15, 0.2) is 0 Å². The number of nitrogens with one attached hydrogen (secondary N) is 1. The summed E-state index contributed by atoms with van der Waals surface area (Å²) in [5, 5.41) is 4.35. The van der Waals surface area contributed by atoms with Gasteiger partial charge in [0.1, 0.15) is 17.3 Å². The summed E-state index contributed by atoms with van der Waals surface area (Å²) < 4.78 is 0.826. The van der Waals surface area contributed by atoms with E-state index in [9.17, 15) is 0 Å². The van der Waals surface area contributed by atoms with Crippen molar-refractivity contribution in [2.45, 2.75) is 13.3 Å². The van der Waals surface area contributed by atoms with Crippen LogP contribution in [0.1, 0.15) is 12.5 Å². The van der Waals surface area contributed by atoms with Gasteiger partial charge < -0.3 is 5.32 Å². The maximum atomic E-state index is 6.03. The Morgan fingerprint density at radius 2 is 2.06 bits per heavy atom. The lowest BCUT2D eigenvalue weighted by molar-refractivity contribution is 1.05. The van der Waals surface area contributed by atoms with E-state index in [1.54, 1.807) is 0 Å². The van der Waals surface area contributed by atoms with Gasteiger partial charge in [-0.05, 0) is 40.5 Å². The Morgan fingerprint density at radius 1 is 1.28 bits per heavy atom. The quantitative estimate of drug-likeness (QED) is 0.807. The number of aromatic nitrogens is 2. The molecule has 0 aliphatic heterocycles. The highest BCUT2D eigenvalue weighted by Gasteiger charge is 2.08. The Balaban J connectivity index is 2.34. The normalized spacial score (nSPS) is 10.4. The zero-order valence-electron chi connectivity index (χ0n) is 9.54. The molecule has 6 heteroatoms. The molecule has 0 bridgehead atoms. The van der Waals surface area contributed by atoms with E-state index in [0.29, 0.717) is 16.0 Å². The van der Waals surface area contributed by atoms with Gasteiger partial charge in [-0.3, -0.25) is 0 Å². The zero-order chi connectivity index (χ0) is 13.1. The Hall–Kier alpha value is -0.840. The highest BCUT2D eigenvalue weighted by atomic mass is 79.9. The van der Waals surface area contributed by atoms with Crippen molar-refractivity contribution in [1.29, 1.82) is 0 Å². The summed E-state index contributed by atoms with van der Waals surface area (Å²) in [6, 6.07) is 5.57. The number of hydrogen-bond donors (Lipinski definition) is 1. The van der Waals surface area contributed by atoms with E-state index in [1.807, 2.05) is 25.1 Å². The molecule has 0 fully saturated rings. The second kappa shape index (κ2) is 5.87. The fraction of sp³-hybridized carbons (Fsp3) is 0.167. The molecule has 0 saturated carbocycles. The third-order valence-electron chi connectivity index (χ3n) is 2.43. The van der Waals surface area contributed by atoms with E-state index in [4.69, 9.17) is 23.2 Å². The van der Waals surface area contributed by atoms with Crippen molar-refractivity contribution in [2.75, 3.05) is 5.32 Å². The van der Waals surface area contributed by atoms with Crippen molar-refractivity contribution in [3.63, 3.8) is 0 Å². The van der Waals surface area contributed by atoms with Crippen molar-refractivity contribution in [1.82, 2.24) is 9.97 Å². The standard InChI is InChI=1S/C12H10BrCl2N3/c1-2-8-11(15)16-6-17-12(8)18-7-3-4-10(14)9(13)5-7/h3-6H,2H2,1H3,(H,16,17,18). The van der Waals surface area contributed by atoms with Gasteiger partial charge in [-0.15, -0.1) is 0 Å². The first kappa shape index (κ1) is 13.6. The van der Waals surface area contributed by atoms with E-state index in [-0.39, 0.29) is 0 Å².